The molecule has 0 aromatic heterocycles. The molecular formula is C6H5FN2O2. The Morgan fingerprint density at radius 1 is 1.91 bits per heavy atom. The Hall–Kier alpha value is -1.70. The quantitative estimate of drug-likeness (QED) is 0.341. The molecule has 0 heterocycles. The van der Waals surface area contributed by atoms with Crippen LogP contribution in [0.15, 0.2) is 17.9 Å². The lowest BCUT2D eigenvalue weighted by molar-refractivity contribution is -0.136. The number of carbonyl (C=O) groups excluding carboxylic acids is 1. The number of hydrogen-bond donors (Lipinski definition) is 0. The van der Waals surface area contributed by atoms with E-state index in [9.17, 15) is 9.28 Å². The number of carbonyl (C=O) groups is 1. The third kappa shape index (κ3) is 3.81. The second kappa shape index (κ2) is 5.11. The van der Waals surface area contributed by atoms with Crippen molar-refractivity contribution in [1.29, 1.82) is 5.26 Å². The normalized spacial score (nSPS) is 10.0. The molecule has 0 aliphatic rings. The van der Waals surface area contributed by atoms with Gasteiger partial charge in [0.1, 0.15) is 12.7 Å². The Bertz CT molecular complexity index is 229. The van der Waals surface area contributed by atoms with Crippen molar-refractivity contribution in [2.24, 2.45) is 5.21 Å². The highest BCUT2D eigenvalue weighted by Crippen LogP contribution is 1.83. The van der Waals surface area contributed by atoms with E-state index in [1.54, 1.807) is 0 Å². The van der Waals surface area contributed by atoms with Crippen molar-refractivity contribution >= 4 is 11.7 Å². The Labute approximate surface area is 62.5 Å². The highest BCUT2D eigenvalue weighted by molar-refractivity contribution is 6.00. The molecule has 0 amide bonds. The van der Waals surface area contributed by atoms with Crippen molar-refractivity contribution in [2.75, 3.05) is 6.61 Å². The van der Waals surface area contributed by atoms with Gasteiger partial charge in [0.25, 0.3) is 0 Å². The molecule has 0 aromatic rings. The van der Waals surface area contributed by atoms with Crippen molar-refractivity contribution in [3.8, 4) is 6.07 Å². The van der Waals surface area contributed by atoms with E-state index in [2.05, 4.69) is 16.5 Å². The van der Waals surface area contributed by atoms with Gasteiger partial charge in [0.2, 0.25) is 0 Å². The van der Waals surface area contributed by atoms with Gasteiger partial charge in [0.05, 0.1) is 0 Å². The minimum atomic E-state index is -0.721. The van der Waals surface area contributed by atoms with Crippen LogP contribution in [0.25, 0.3) is 0 Å². The fraction of sp³-hybridized carbons (Fsp3) is 0.167. The molecule has 0 aromatic carbocycles. The third-order valence-corrected chi connectivity index (χ3v) is 0.749. The summed E-state index contributed by atoms with van der Waals surface area (Å²) in [5, 5.41) is 10.1. The van der Waals surface area contributed by atoms with Crippen LogP contribution < -0.4 is 0 Å². The lowest BCUT2D eigenvalue weighted by Crippen LogP contribution is -2.09. The molecule has 0 N–H and O–H groups in total. The third-order valence-electron chi connectivity index (χ3n) is 0.749. The minimum Gasteiger partial charge on any atom is -0.455 e. The Balaban J connectivity index is 3.80. The molecule has 0 saturated carbocycles. The Morgan fingerprint density at radius 2 is 2.55 bits per heavy atom. The van der Waals surface area contributed by atoms with Crippen LogP contribution in [0.2, 0.25) is 0 Å². The molecule has 0 spiro atoms. The van der Waals surface area contributed by atoms with E-state index in [4.69, 9.17) is 5.26 Å². The highest BCUT2D eigenvalue weighted by atomic mass is 19.2. The van der Waals surface area contributed by atoms with Crippen molar-refractivity contribution < 1.29 is 14.0 Å². The standard InChI is InChI=1S/C6H5FN2O2/c1-2-6(10)11-4-5(3-8)9-7/h2H,1,4H2/b9-5-. The first-order chi connectivity index (χ1) is 5.24. The minimum absolute atomic E-state index is 0.460. The zero-order chi connectivity index (χ0) is 8.69. The first kappa shape index (κ1) is 9.30. The van der Waals surface area contributed by atoms with Gasteiger partial charge in [-0.1, -0.05) is 16.3 Å². The van der Waals surface area contributed by atoms with Crippen LogP contribution in [0.4, 0.5) is 4.48 Å². The molecule has 0 bridgehead atoms. The predicted molar refractivity (Wildman–Crippen MR) is 35.3 cm³/mol. The summed E-state index contributed by atoms with van der Waals surface area (Å²) in [6, 6.07) is 1.39. The van der Waals surface area contributed by atoms with Gasteiger partial charge >= 0.3 is 5.97 Å². The molecule has 0 aliphatic heterocycles. The Kier molecular flexibility index (Phi) is 4.32. The van der Waals surface area contributed by atoms with Crippen LogP contribution >= 0.6 is 0 Å². The topological polar surface area (TPSA) is 62.5 Å². The van der Waals surface area contributed by atoms with E-state index in [0.717, 1.165) is 6.08 Å². The fourth-order valence-corrected chi connectivity index (χ4v) is 0.274. The smallest absolute Gasteiger partial charge is 0.330 e. The van der Waals surface area contributed by atoms with Crippen molar-refractivity contribution in [3.63, 3.8) is 0 Å². The van der Waals surface area contributed by atoms with Gasteiger partial charge in [0, 0.05) is 6.08 Å². The molecule has 4 nitrogen and oxygen atoms in total. The van der Waals surface area contributed by atoms with Crippen LogP contribution in [0.5, 0.6) is 0 Å². The maximum Gasteiger partial charge on any atom is 0.330 e. The maximum atomic E-state index is 11.4. The van der Waals surface area contributed by atoms with Crippen molar-refractivity contribution in [3.05, 3.63) is 12.7 Å². The molecule has 0 unspecified atom stereocenters. The summed E-state index contributed by atoms with van der Waals surface area (Å²) in [4.78, 5) is 10.3. The second-order valence-electron chi connectivity index (χ2n) is 1.45. The van der Waals surface area contributed by atoms with E-state index < -0.39 is 18.3 Å². The molecule has 11 heavy (non-hydrogen) atoms. The molecule has 0 rings (SSSR count). The number of esters is 1. The summed E-state index contributed by atoms with van der Waals surface area (Å²) in [7, 11) is 0. The molecule has 0 atom stereocenters. The van der Waals surface area contributed by atoms with Crippen molar-refractivity contribution in [1.82, 2.24) is 0 Å². The van der Waals surface area contributed by atoms with Crippen LogP contribution in [-0.2, 0) is 9.53 Å². The number of nitriles is 1. The number of ether oxygens (including phenoxy) is 1. The van der Waals surface area contributed by atoms with Gasteiger partial charge in [-0.3, -0.25) is 0 Å². The van der Waals surface area contributed by atoms with E-state index in [0.29, 0.717) is 0 Å². The average molecular weight is 156 g/mol. The zero-order valence-corrected chi connectivity index (χ0v) is 5.58. The number of hydrogen-bond acceptors (Lipinski definition) is 4. The summed E-state index contributed by atoms with van der Waals surface area (Å²) < 4.78 is 15.6. The number of rotatable bonds is 3. The first-order valence-electron chi connectivity index (χ1n) is 2.61. The summed E-state index contributed by atoms with van der Waals surface area (Å²) in [5.41, 5.74) is -0.486. The fourth-order valence-electron chi connectivity index (χ4n) is 0.274. The van der Waals surface area contributed by atoms with Crippen molar-refractivity contribution in [2.45, 2.75) is 0 Å². The van der Waals surface area contributed by atoms with E-state index in [1.807, 2.05) is 0 Å². The van der Waals surface area contributed by atoms with Gasteiger partial charge in [-0.25, -0.2) is 4.79 Å². The van der Waals surface area contributed by atoms with E-state index in [-0.39, 0.29) is 0 Å². The van der Waals surface area contributed by atoms with Gasteiger partial charge in [-0.2, -0.15) is 5.26 Å². The lowest BCUT2D eigenvalue weighted by Gasteiger charge is -1.95. The second-order valence-corrected chi connectivity index (χ2v) is 1.45. The first-order valence-corrected chi connectivity index (χ1v) is 2.61. The molecule has 0 saturated heterocycles. The van der Waals surface area contributed by atoms with Gasteiger partial charge in [-0.15, -0.1) is 0 Å². The summed E-state index contributed by atoms with van der Waals surface area (Å²) in [6.45, 7) is 2.64. The lowest BCUT2D eigenvalue weighted by atomic mass is 10.4. The van der Waals surface area contributed by atoms with Crippen LogP contribution in [0, 0.1) is 11.3 Å². The molecule has 58 valence electrons. The summed E-state index contributed by atoms with van der Waals surface area (Å²) >= 11 is 0. The number of halogens is 1. The van der Waals surface area contributed by atoms with Gasteiger partial charge < -0.3 is 4.74 Å². The largest absolute Gasteiger partial charge is 0.455 e. The molecular weight excluding hydrogens is 151 g/mol. The predicted octanol–water partition coefficient (Wildman–Crippen LogP) is 0.565. The van der Waals surface area contributed by atoms with Crippen LogP contribution in [0.1, 0.15) is 0 Å². The van der Waals surface area contributed by atoms with Gasteiger partial charge in [-0.05, 0) is 0 Å². The number of nitrogens with zero attached hydrogens (tertiary/aromatic N) is 2. The summed E-state index contributed by atoms with van der Waals surface area (Å²) in [6.07, 6.45) is 0.910. The molecule has 0 radical (unpaired) electrons. The zero-order valence-electron chi connectivity index (χ0n) is 5.58. The summed E-state index contributed by atoms with van der Waals surface area (Å²) in [5.74, 6) is -0.721. The highest BCUT2D eigenvalue weighted by Gasteiger charge is 2.00. The van der Waals surface area contributed by atoms with Crippen LogP contribution in [0.3, 0.4) is 0 Å². The van der Waals surface area contributed by atoms with E-state index in [1.165, 1.54) is 6.07 Å². The average Bonchev–Trinajstić information content (AvgIpc) is 2.06. The monoisotopic (exact) mass is 156 g/mol. The maximum absolute atomic E-state index is 11.4. The Morgan fingerprint density at radius 3 is 2.91 bits per heavy atom. The molecule has 0 aliphatic carbocycles. The van der Waals surface area contributed by atoms with E-state index >= 15 is 0 Å². The molecule has 5 heteroatoms. The molecule has 0 fully saturated rings. The van der Waals surface area contributed by atoms with Gasteiger partial charge in [0.15, 0.2) is 5.71 Å². The van der Waals surface area contributed by atoms with Crippen LogP contribution in [-0.4, -0.2) is 18.3 Å². The SMILES string of the molecule is C=CC(=O)OC/C(C#N)=N\F.